The molecule has 1 aromatic carbocycles. The molecule has 5 heteroatoms. The van der Waals surface area contributed by atoms with Crippen molar-refractivity contribution in [3.05, 3.63) is 45.5 Å². The summed E-state index contributed by atoms with van der Waals surface area (Å²) >= 11 is 9.49. The molecule has 0 bridgehead atoms. The fraction of sp³-hybridized carbons (Fsp3) is 0.0833. The number of hydrogen-bond acceptors (Lipinski definition) is 3. The van der Waals surface area contributed by atoms with Crippen LogP contribution in [0.4, 0.5) is 17.2 Å². The molecule has 0 unspecified atom stereocenters. The van der Waals surface area contributed by atoms with E-state index in [0.717, 1.165) is 15.7 Å². The molecule has 0 atom stereocenters. The average Bonchev–Trinajstić information content (AvgIpc) is 2.21. The third-order valence-electron chi connectivity index (χ3n) is 2.17. The first-order valence-electron chi connectivity index (χ1n) is 5.00. The molecular formula is C12H11BrClN3. The summed E-state index contributed by atoms with van der Waals surface area (Å²) in [5.74, 6) is 0.596. The van der Waals surface area contributed by atoms with Gasteiger partial charge in [0.1, 0.15) is 5.82 Å². The SMILES string of the molecule is Cc1cc(Br)cc(Nc2ncc(N)cc2Cl)c1. The number of aromatic nitrogens is 1. The zero-order valence-electron chi connectivity index (χ0n) is 9.17. The van der Waals surface area contributed by atoms with Gasteiger partial charge in [0.15, 0.2) is 0 Å². The van der Waals surface area contributed by atoms with Gasteiger partial charge in [-0.05, 0) is 36.8 Å². The van der Waals surface area contributed by atoms with E-state index < -0.39 is 0 Å². The van der Waals surface area contributed by atoms with Gasteiger partial charge < -0.3 is 11.1 Å². The molecule has 0 saturated heterocycles. The van der Waals surface area contributed by atoms with Crippen molar-refractivity contribution in [1.29, 1.82) is 0 Å². The average molecular weight is 313 g/mol. The number of benzene rings is 1. The zero-order chi connectivity index (χ0) is 12.4. The van der Waals surface area contributed by atoms with Crippen LogP contribution in [0.5, 0.6) is 0 Å². The summed E-state index contributed by atoms with van der Waals surface area (Å²) in [5, 5.41) is 3.65. The van der Waals surface area contributed by atoms with Crippen molar-refractivity contribution < 1.29 is 0 Å². The van der Waals surface area contributed by atoms with E-state index in [1.165, 1.54) is 0 Å². The second-order valence-corrected chi connectivity index (χ2v) is 5.06. The molecule has 2 aromatic rings. The van der Waals surface area contributed by atoms with Gasteiger partial charge in [0.25, 0.3) is 0 Å². The Kier molecular flexibility index (Phi) is 3.54. The van der Waals surface area contributed by atoms with E-state index in [2.05, 4.69) is 26.2 Å². The highest BCUT2D eigenvalue weighted by Crippen LogP contribution is 2.27. The van der Waals surface area contributed by atoms with Crippen molar-refractivity contribution in [1.82, 2.24) is 4.98 Å². The molecular weight excluding hydrogens is 302 g/mol. The number of pyridine rings is 1. The quantitative estimate of drug-likeness (QED) is 0.876. The number of nitrogens with zero attached hydrogens (tertiary/aromatic N) is 1. The molecule has 0 spiro atoms. The standard InChI is InChI=1S/C12H11BrClN3/c1-7-2-8(13)4-10(3-7)17-12-11(14)5-9(15)6-16-12/h2-6H,15H2,1H3,(H,16,17). The van der Waals surface area contributed by atoms with Crippen molar-refractivity contribution in [2.45, 2.75) is 6.92 Å². The molecule has 0 saturated carbocycles. The number of aryl methyl sites for hydroxylation is 1. The van der Waals surface area contributed by atoms with Crippen molar-refractivity contribution in [3.8, 4) is 0 Å². The van der Waals surface area contributed by atoms with Gasteiger partial charge in [-0.3, -0.25) is 0 Å². The second-order valence-electron chi connectivity index (χ2n) is 3.74. The molecule has 0 aliphatic heterocycles. The third kappa shape index (κ3) is 3.11. The molecule has 2 rings (SSSR count). The van der Waals surface area contributed by atoms with Crippen LogP contribution < -0.4 is 11.1 Å². The predicted molar refractivity (Wildman–Crippen MR) is 75.8 cm³/mol. The fourth-order valence-corrected chi connectivity index (χ4v) is 2.32. The largest absolute Gasteiger partial charge is 0.397 e. The molecule has 1 aromatic heterocycles. The van der Waals surface area contributed by atoms with Gasteiger partial charge >= 0.3 is 0 Å². The summed E-state index contributed by atoms with van der Waals surface area (Å²) < 4.78 is 1.01. The smallest absolute Gasteiger partial charge is 0.149 e. The maximum atomic E-state index is 6.04. The van der Waals surface area contributed by atoms with Crippen LogP contribution in [0.2, 0.25) is 5.02 Å². The molecule has 17 heavy (non-hydrogen) atoms. The van der Waals surface area contributed by atoms with Gasteiger partial charge in [-0.2, -0.15) is 0 Å². The lowest BCUT2D eigenvalue weighted by molar-refractivity contribution is 1.30. The topological polar surface area (TPSA) is 50.9 Å². The first-order valence-corrected chi connectivity index (χ1v) is 6.17. The van der Waals surface area contributed by atoms with Crippen LogP contribution in [0.1, 0.15) is 5.56 Å². The summed E-state index contributed by atoms with van der Waals surface area (Å²) in [4.78, 5) is 4.15. The van der Waals surface area contributed by atoms with Gasteiger partial charge in [0, 0.05) is 10.2 Å². The van der Waals surface area contributed by atoms with Crippen LogP contribution in [0.15, 0.2) is 34.9 Å². The number of anilines is 3. The lowest BCUT2D eigenvalue weighted by atomic mass is 10.2. The van der Waals surface area contributed by atoms with Crippen LogP contribution in [0.3, 0.4) is 0 Å². The van der Waals surface area contributed by atoms with E-state index in [0.29, 0.717) is 16.5 Å². The highest BCUT2D eigenvalue weighted by Gasteiger charge is 2.04. The highest BCUT2D eigenvalue weighted by molar-refractivity contribution is 9.10. The minimum Gasteiger partial charge on any atom is -0.397 e. The van der Waals surface area contributed by atoms with Crippen molar-refractivity contribution in [3.63, 3.8) is 0 Å². The minimum atomic E-state index is 0.502. The molecule has 0 fully saturated rings. The van der Waals surface area contributed by atoms with Crippen molar-refractivity contribution in [2.75, 3.05) is 11.1 Å². The second kappa shape index (κ2) is 4.94. The molecule has 3 nitrogen and oxygen atoms in total. The predicted octanol–water partition coefficient (Wildman–Crippen LogP) is 4.13. The van der Waals surface area contributed by atoms with Crippen LogP contribution in [0, 0.1) is 6.92 Å². The molecule has 0 radical (unpaired) electrons. The van der Waals surface area contributed by atoms with E-state index in [9.17, 15) is 0 Å². The maximum absolute atomic E-state index is 6.04. The van der Waals surface area contributed by atoms with Crippen LogP contribution in [0.25, 0.3) is 0 Å². The Balaban J connectivity index is 2.31. The summed E-state index contributed by atoms with van der Waals surface area (Å²) in [7, 11) is 0. The molecule has 88 valence electrons. The van der Waals surface area contributed by atoms with Gasteiger partial charge in [-0.25, -0.2) is 4.98 Å². The minimum absolute atomic E-state index is 0.502. The zero-order valence-corrected chi connectivity index (χ0v) is 11.5. The van der Waals surface area contributed by atoms with E-state index in [4.69, 9.17) is 17.3 Å². The summed E-state index contributed by atoms with van der Waals surface area (Å²) in [6.45, 7) is 2.02. The van der Waals surface area contributed by atoms with E-state index in [1.807, 2.05) is 25.1 Å². The molecule has 0 amide bonds. The Bertz CT molecular complexity index is 537. The number of nitrogens with two attached hydrogens (primary N) is 1. The lowest BCUT2D eigenvalue weighted by Crippen LogP contribution is -1.96. The number of hydrogen-bond donors (Lipinski definition) is 2. The fourth-order valence-electron chi connectivity index (χ4n) is 1.49. The third-order valence-corrected chi connectivity index (χ3v) is 2.91. The summed E-state index contributed by atoms with van der Waals surface area (Å²) in [6.07, 6.45) is 1.57. The Hall–Kier alpha value is -1.26. The van der Waals surface area contributed by atoms with Crippen LogP contribution in [-0.2, 0) is 0 Å². The molecule has 3 N–H and O–H groups in total. The Morgan fingerprint density at radius 2 is 2.06 bits per heavy atom. The number of halogens is 2. The Morgan fingerprint density at radius 1 is 1.29 bits per heavy atom. The number of nitrogen functional groups attached to an aromatic ring is 1. The molecule has 0 aliphatic carbocycles. The Morgan fingerprint density at radius 3 is 2.71 bits per heavy atom. The molecule has 1 heterocycles. The van der Waals surface area contributed by atoms with Crippen LogP contribution in [-0.4, -0.2) is 4.98 Å². The Labute approximate surface area is 113 Å². The first-order chi connectivity index (χ1) is 8.04. The van der Waals surface area contributed by atoms with Crippen LogP contribution >= 0.6 is 27.5 Å². The van der Waals surface area contributed by atoms with Gasteiger partial charge in [-0.1, -0.05) is 27.5 Å². The summed E-state index contributed by atoms with van der Waals surface area (Å²) in [6, 6.07) is 7.67. The normalized spacial score (nSPS) is 10.3. The summed E-state index contributed by atoms with van der Waals surface area (Å²) in [5.41, 5.74) is 8.21. The maximum Gasteiger partial charge on any atom is 0.149 e. The van der Waals surface area contributed by atoms with E-state index in [1.54, 1.807) is 12.3 Å². The van der Waals surface area contributed by atoms with Crippen molar-refractivity contribution in [2.24, 2.45) is 0 Å². The molecule has 0 aliphatic rings. The van der Waals surface area contributed by atoms with E-state index >= 15 is 0 Å². The van der Waals surface area contributed by atoms with Gasteiger partial charge in [0.2, 0.25) is 0 Å². The lowest BCUT2D eigenvalue weighted by Gasteiger charge is -2.09. The van der Waals surface area contributed by atoms with Gasteiger partial charge in [0.05, 0.1) is 16.9 Å². The number of rotatable bonds is 2. The first kappa shape index (κ1) is 12.2. The van der Waals surface area contributed by atoms with Gasteiger partial charge in [-0.15, -0.1) is 0 Å². The monoisotopic (exact) mass is 311 g/mol. The highest BCUT2D eigenvalue weighted by atomic mass is 79.9. The van der Waals surface area contributed by atoms with E-state index in [-0.39, 0.29) is 0 Å². The van der Waals surface area contributed by atoms with Crippen molar-refractivity contribution >= 4 is 44.7 Å². The number of nitrogens with one attached hydrogen (secondary N) is 1.